The van der Waals surface area contributed by atoms with Crippen molar-refractivity contribution in [1.82, 2.24) is 24.8 Å². The third kappa shape index (κ3) is 5.80. The Labute approximate surface area is 252 Å². The Morgan fingerprint density at radius 3 is 2.65 bits per heavy atom. The Hall–Kier alpha value is -3.35. The van der Waals surface area contributed by atoms with Gasteiger partial charge in [0, 0.05) is 43.7 Å². The summed E-state index contributed by atoms with van der Waals surface area (Å²) in [6.45, 7) is 3.87. The molecule has 234 valence electrons. The van der Waals surface area contributed by atoms with Crippen LogP contribution in [-0.4, -0.2) is 67.3 Å². The summed E-state index contributed by atoms with van der Waals surface area (Å²) in [5, 5.41) is 17.7. The molecule has 2 amide bonds. The van der Waals surface area contributed by atoms with Gasteiger partial charge in [0.1, 0.15) is 18.1 Å². The minimum Gasteiger partial charge on any atom is -0.487 e. The number of hydrogen-bond acceptors (Lipinski definition) is 6. The predicted molar refractivity (Wildman–Crippen MR) is 148 cm³/mol. The fourth-order valence-corrected chi connectivity index (χ4v) is 7.15. The minimum atomic E-state index is -4.70. The number of ether oxygens (including phenoxy) is 1. The molecule has 43 heavy (non-hydrogen) atoms. The van der Waals surface area contributed by atoms with E-state index in [-0.39, 0.29) is 36.6 Å². The Morgan fingerprint density at radius 1 is 1.26 bits per heavy atom. The van der Waals surface area contributed by atoms with Crippen molar-refractivity contribution < 1.29 is 37.4 Å². The summed E-state index contributed by atoms with van der Waals surface area (Å²) in [6, 6.07) is 2.39. The number of likely N-dealkylation sites (tertiary alicyclic amines) is 1. The lowest BCUT2D eigenvalue weighted by Gasteiger charge is -2.45. The number of amides is 2. The van der Waals surface area contributed by atoms with Gasteiger partial charge in [-0.1, -0.05) is 36.6 Å². The van der Waals surface area contributed by atoms with Gasteiger partial charge in [-0.25, -0.2) is 4.68 Å². The predicted octanol–water partition coefficient (Wildman–Crippen LogP) is 4.64. The normalized spacial score (nSPS) is 26.0. The van der Waals surface area contributed by atoms with E-state index >= 15 is 0 Å². The molecule has 2 fully saturated rings. The third-order valence-electron chi connectivity index (χ3n) is 9.18. The van der Waals surface area contributed by atoms with Crippen LogP contribution in [0.2, 0.25) is 5.02 Å². The average molecular weight is 626 g/mol. The molecule has 10 nitrogen and oxygen atoms in total. The highest BCUT2D eigenvalue weighted by molar-refractivity contribution is 6.31. The lowest BCUT2D eigenvalue weighted by atomic mass is 9.66. The number of carbonyl (C=O) groups excluding carboxylic acids is 2. The molecule has 0 spiro atoms. The van der Waals surface area contributed by atoms with E-state index in [9.17, 15) is 32.7 Å². The molecular formula is C29H35ClF3N5O5. The van der Waals surface area contributed by atoms with E-state index in [0.717, 1.165) is 13.5 Å². The standard InChI is InChI=1S/C29H35ClF3N5O5/c1-16-12-23(39)37(13-16)14-21-24-17(9-11-38(21)26(40)18-6-4-5-10-28(18,2)27(41)42)19(30)7-8-22(24)43-15-20-25(29(31,32)33)36(3)35-34-20/h7-8,16,18,21H,4-6,9-15H2,1-3H3,(H,41,42)/t16-,18-,21?,28+/m1/s1. The van der Waals surface area contributed by atoms with E-state index in [1.54, 1.807) is 28.9 Å². The van der Waals surface area contributed by atoms with Gasteiger partial charge < -0.3 is 19.6 Å². The first kappa shape index (κ1) is 31.1. The van der Waals surface area contributed by atoms with Crippen LogP contribution < -0.4 is 4.74 Å². The number of alkyl halides is 3. The first-order chi connectivity index (χ1) is 20.2. The summed E-state index contributed by atoms with van der Waals surface area (Å²) in [7, 11) is 1.15. The highest BCUT2D eigenvalue weighted by atomic mass is 35.5. The van der Waals surface area contributed by atoms with Crippen LogP contribution in [0, 0.1) is 17.3 Å². The second-order valence-corrected chi connectivity index (χ2v) is 12.6. The number of aliphatic carboxylic acids is 1. The van der Waals surface area contributed by atoms with Crippen LogP contribution in [0.25, 0.3) is 0 Å². The monoisotopic (exact) mass is 625 g/mol. The van der Waals surface area contributed by atoms with Crippen LogP contribution in [0.1, 0.15) is 74.5 Å². The highest BCUT2D eigenvalue weighted by Gasteiger charge is 2.50. The zero-order chi connectivity index (χ0) is 31.3. The molecule has 4 atom stereocenters. The van der Waals surface area contributed by atoms with Crippen molar-refractivity contribution in [3.63, 3.8) is 0 Å². The maximum atomic E-state index is 14.3. The largest absolute Gasteiger partial charge is 0.487 e. The van der Waals surface area contributed by atoms with Crippen molar-refractivity contribution in [2.75, 3.05) is 19.6 Å². The van der Waals surface area contributed by atoms with Crippen LogP contribution in [-0.2, 0) is 40.6 Å². The molecule has 1 N–H and O–H groups in total. The van der Waals surface area contributed by atoms with Gasteiger partial charge in [0.05, 0.1) is 17.4 Å². The lowest BCUT2D eigenvalue weighted by Crippen LogP contribution is -2.52. The first-order valence-electron chi connectivity index (χ1n) is 14.4. The van der Waals surface area contributed by atoms with Crippen LogP contribution >= 0.6 is 11.6 Å². The number of halogens is 4. The van der Waals surface area contributed by atoms with Crippen LogP contribution in [0.4, 0.5) is 13.2 Å². The summed E-state index contributed by atoms with van der Waals surface area (Å²) in [5.74, 6) is -1.86. The summed E-state index contributed by atoms with van der Waals surface area (Å²) >= 11 is 6.62. The average Bonchev–Trinajstić information content (AvgIpc) is 3.48. The van der Waals surface area contributed by atoms with Crippen LogP contribution in [0.3, 0.4) is 0 Å². The molecule has 3 heterocycles. The molecule has 1 unspecified atom stereocenters. The number of carboxylic acids is 1. The Morgan fingerprint density at radius 2 is 2.00 bits per heavy atom. The van der Waals surface area contributed by atoms with Crippen molar-refractivity contribution in [3.05, 3.63) is 39.7 Å². The number of carbonyl (C=O) groups is 3. The second kappa shape index (κ2) is 11.6. The van der Waals surface area contributed by atoms with Gasteiger partial charge in [-0.05, 0) is 49.8 Å². The fraction of sp³-hybridized carbons (Fsp3) is 0.621. The van der Waals surface area contributed by atoms with Crippen LogP contribution in [0.5, 0.6) is 5.75 Å². The van der Waals surface area contributed by atoms with Gasteiger partial charge in [0.15, 0.2) is 5.69 Å². The van der Waals surface area contributed by atoms with Crippen molar-refractivity contribution >= 4 is 29.4 Å². The van der Waals surface area contributed by atoms with Crippen molar-refractivity contribution in [2.24, 2.45) is 24.3 Å². The number of nitrogens with zero attached hydrogens (tertiary/aromatic N) is 5. The summed E-state index contributed by atoms with van der Waals surface area (Å²) in [5.41, 5.74) is -1.50. The third-order valence-corrected chi connectivity index (χ3v) is 9.53. The molecule has 0 bridgehead atoms. The number of aryl methyl sites for hydroxylation is 1. The van der Waals surface area contributed by atoms with Crippen molar-refractivity contribution in [2.45, 2.75) is 71.2 Å². The number of hydrogen-bond donors (Lipinski definition) is 1. The van der Waals surface area contributed by atoms with Gasteiger partial charge in [-0.2, -0.15) is 13.2 Å². The molecule has 2 aromatic rings. The molecule has 2 aliphatic heterocycles. The minimum absolute atomic E-state index is 0.0704. The van der Waals surface area contributed by atoms with E-state index in [4.69, 9.17) is 16.3 Å². The topological polar surface area (TPSA) is 118 Å². The van der Waals surface area contributed by atoms with Gasteiger partial charge in [0.25, 0.3) is 0 Å². The molecule has 14 heteroatoms. The smallest absolute Gasteiger partial charge is 0.435 e. The van der Waals surface area contributed by atoms with Crippen LogP contribution in [0.15, 0.2) is 12.1 Å². The first-order valence-corrected chi connectivity index (χ1v) is 14.8. The van der Waals surface area contributed by atoms with Gasteiger partial charge >= 0.3 is 12.1 Å². The zero-order valence-corrected chi connectivity index (χ0v) is 25.0. The number of fused-ring (bicyclic) bond motifs is 1. The van der Waals surface area contributed by atoms with E-state index in [2.05, 4.69) is 10.3 Å². The Kier molecular flexibility index (Phi) is 8.40. The Bertz CT molecular complexity index is 1430. The van der Waals surface area contributed by atoms with Gasteiger partial charge in [0.2, 0.25) is 11.8 Å². The number of aromatic nitrogens is 3. The molecule has 1 aromatic heterocycles. The number of rotatable bonds is 7. The molecule has 0 radical (unpaired) electrons. The maximum Gasteiger partial charge on any atom is 0.435 e. The van der Waals surface area contributed by atoms with E-state index in [1.807, 2.05) is 6.92 Å². The van der Waals surface area contributed by atoms with E-state index in [1.165, 1.54) is 0 Å². The van der Waals surface area contributed by atoms with Crippen molar-refractivity contribution in [1.29, 1.82) is 0 Å². The van der Waals surface area contributed by atoms with Crippen molar-refractivity contribution in [3.8, 4) is 5.75 Å². The molecule has 3 aliphatic rings. The molecule has 1 aromatic carbocycles. The molecule has 5 rings (SSSR count). The van der Waals surface area contributed by atoms with Gasteiger partial charge in [-0.15, -0.1) is 5.10 Å². The molecule has 1 saturated heterocycles. The quantitative estimate of drug-likeness (QED) is 0.476. The molecule has 1 saturated carbocycles. The fourth-order valence-electron chi connectivity index (χ4n) is 6.89. The zero-order valence-electron chi connectivity index (χ0n) is 24.3. The summed E-state index contributed by atoms with van der Waals surface area (Å²) in [6.07, 6.45) is -1.80. The second-order valence-electron chi connectivity index (χ2n) is 12.2. The molecular weight excluding hydrogens is 591 g/mol. The van der Waals surface area contributed by atoms with E-state index in [0.29, 0.717) is 59.5 Å². The summed E-state index contributed by atoms with van der Waals surface area (Å²) < 4.78 is 47.7. The number of benzene rings is 1. The highest BCUT2D eigenvalue weighted by Crippen LogP contribution is 2.47. The SMILES string of the molecule is C[C@@H]1CC(=O)N(CC2c3c(OCc4nnn(C)c4C(F)(F)F)ccc(Cl)c3CCN2C(=O)[C@H]2CCCC[C@]2(C)C(=O)O)C1. The number of carboxylic acid groups (broad SMARTS) is 1. The Balaban J connectivity index is 1.55. The summed E-state index contributed by atoms with van der Waals surface area (Å²) in [4.78, 5) is 42.9. The lowest BCUT2D eigenvalue weighted by molar-refractivity contribution is -0.162. The molecule has 1 aliphatic carbocycles. The van der Waals surface area contributed by atoms with E-state index < -0.39 is 47.5 Å². The van der Waals surface area contributed by atoms with Gasteiger partial charge in [-0.3, -0.25) is 14.4 Å². The maximum absolute atomic E-state index is 14.3.